The molecule has 0 aromatic heterocycles. The van der Waals surface area contributed by atoms with Gasteiger partial charge in [0.05, 0.1) is 22.8 Å². The van der Waals surface area contributed by atoms with Crippen LogP contribution in [0.2, 0.25) is 5.02 Å². The predicted octanol–water partition coefficient (Wildman–Crippen LogP) is 3.89. The predicted molar refractivity (Wildman–Crippen MR) is 107 cm³/mol. The first-order valence-electron chi connectivity index (χ1n) is 9.47. The molecular formula is C20H29BClNO3. The van der Waals surface area contributed by atoms with Crippen molar-refractivity contribution in [1.29, 1.82) is 0 Å². The van der Waals surface area contributed by atoms with Crippen molar-refractivity contribution >= 4 is 29.9 Å². The largest absolute Gasteiger partial charge is 0.496 e. The lowest BCUT2D eigenvalue weighted by atomic mass is 9.65. The molecule has 6 heteroatoms. The summed E-state index contributed by atoms with van der Waals surface area (Å²) >= 11 is 6.68. The van der Waals surface area contributed by atoms with E-state index in [4.69, 9.17) is 25.6 Å². The number of anilines is 1. The minimum Gasteiger partial charge on any atom is -0.399 e. The van der Waals surface area contributed by atoms with Crippen LogP contribution in [-0.4, -0.2) is 36.6 Å². The lowest BCUT2D eigenvalue weighted by molar-refractivity contribution is 0.00578. The topological polar surface area (TPSA) is 39.7 Å². The highest BCUT2D eigenvalue weighted by Crippen LogP contribution is 2.50. The minimum absolute atomic E-state index is 0.0485. The monoisotopic (exact) mass is 377 g/mol. The first-order valence-corrected chi connectivity index (χ1v) is 9.85. The van der Waals surface area contributed by atoms with E-state index >= 15 is 0 Å². The number of nitrogens with one attached hydrogen (secondary N) is 1. The van der Waals surface area contributed by atoms with Gasteiger partial charge in [-0.1, -0.05) is 24.6 Å². The second-order valence-corrected chi connectivity index (χ2v) is 10.2. The Morgan fingerprint density at radius 3 is 2.27 bits per heavy atom. The molecule has 0 radical (unpaired) electrons. The van der Waals surface area contributed by atoms with E-state index in [2.05, 4.69) is 59.8 Å². The van der Waals surface area contributed by atoms with Crippen LogP contribution in [0.4, 0.5) is 5.69 Å². The van der Waals surface area contributed by atoms with E-state index in [0.717, 1.165) is 24.2 Å². The lowest BCUT2D eigenvalue weighted by Gasteiger charge is -2.48. The Balaban J connectivity index is 1.80. The van der Waals surface area contributed by atoms with Crippen LogP contribution in [0.15, 0.2) is 12.1 Å². The summed E-state index contributed by atoms with van der Waals surface area (Å²) in [6.07, 6.45) is 1.12. The smallest absolute Gasteiger partial charge is 0.399 e. The van der Waals surface area contributed by atoms with Gasteiger partial charge in [-0.05, 0) is 59.6 Å². The van der Waals surface area contributed by atoms with Gasteiger partial charge < -0.3 is 19.4 Å². The van der Waals surface area contributed by atoms with E-state index in [1.807, 2.05) is 6.07 Å². The van der Waals surface area contributed by atoms with Crippen molar-refractivity contribution in [1.82, 2.24) is 0 Å². The van der Waals surface area contributed by atoms with Crippen LogP contribution in [-0.2, 0) is 19.5 Å². The van der Waals surface area contributed by atoms with Crippen molar-refractivity contribution in [2.24, 2.45) is 0 Å². The number of ether oxygens (including phenoxy) is 1. The Hall–Kier alpha value is -0.745. The van der Waals surface area contributed by atoms with Crippen LogP contribution in [0.3, 0.4) is 0 Å². The highest BCUT2D eigenvalue weighted by Gasteiger charge is 2.55. The first kappa shape index (κ1) is 18.6. The zero-order valence-corrected chi connectivity index (χ0v) is 17.6. The standard InChI is InChI=1S/C20H29BClNO3/c1-17(2)16-20(7,8-9-24-16)12-10-13(14(22)11-15(12)23-17)21-25-18(3,4)19(5,6)26-21/h10-11,16,23H,8-9H2,1-7H3. The van der Waals surface area contributed by atoms with Gasteiger partial charge in [-0.15, -0.1) is 0 Å². The van der Waals surface area contributed by atoms with Crippen molar-refractivity contribution in [2.45, 2.75) is 83.1 Å². The van der Waals surface area contributed by atoms with Gasteiger partial charge in [0.25, 0.3) is 0 Å². The van der Waals surface area contributed by atoms with E-state index in [1.54, 1.807) is 0 Å². The molecule has 2 unspecified atom stereocenters. The van der Waals surface area contributed by atoms with Gasteiger partial charge in [0, 0.05) is 28.2 Å². The van der Waals surface area contributed by atoms with Crippen molar-refractivity contribution in [3.05, 3.63) is 22.7 Å². The zero-order valence-electron chi connectivity index (χ0n) is 16.8. The molecule has 1 aromatic carbocycles. The van der Waals surface area contributed by atoms with Crippen LogP contribution in [0.1, 0.15) is 60.5 Å². The lowest BCUT2D eigenvalue weighted by Crippen LogP contribution is -2.56. The quantitative estimate of drug-likeness (QED) is 0.754. The summed E-state index contributed by atoms with van der Waals surface area (Å²) in [6, 6.07) is 4.20. The maximum absolute atomic E-state index is 6.68. The van der Waals surface area contributed by atoms with Crippen molar-refractivity contribution in [3.8, 4) is 0 Å². The van der Waals surface area contributed by atoms with Gasteiger partial charge in [0.2, 0.25) is 0 Å². The molecule has 142 valence electrons. The van der Waals surface area contributed by atoms with Gasteiger partial charge in [-0.2, -0.15) is 0 Å². The molecule has 0 aliphatic carbocycles. The molecule has 3 heterocycles. The summed E-state index contributed by atoms with van der Waals surface area (Å²) in [5, 5.41) is 4.31. The Morgan fingerprint density at radius 2 is 1.65 bits per heavy atom. The van der Waals surface area contributed by atoms with Gasteiger partial charge >= 0.3 is 7.12 Å². The third-order valence-corrected chi connectivity index (χ3v) is 7.18. The highest BCUT2D eigenvalue weighted by atomic mass is 35.5. The molecule has 26 heavy (non-hydrogen) atoms. The minimum atomic E-state index is -0.461. The summed E-state index contributed by atoms with van der Waals surface area (Å²) in [4.78, 5) is 0. The number of halogens is 1. The van der Waals surface area contributed by atoms with Gasteiger partial charge in [-0.3, -0.25) is 0 Å². The Labute approximate surface area is 162 Å². The molecule has 0 spiro atoms. The summed E-state index contributed by atoms with van der Waals surface area (Å²) in [6.45, 7) is 15.7. The second-order valence-electron chi connectivity index (χ2n) is 9.77. The second kappa shape index (κ2) is 5.41. The number of benzene rings is 1. The zero-order chi connectivity index (χ0) is 19.1. The van der Waals surface area contributed by atoms with Gasteiger partial charge in [-0.25, -0.2) is 0 Å². The molecular weight excluding hydrogens is 348 g/mol. The summed E-state index contributed by atoms with van der Waals surface area (Å²) in [7, 11) is -0.461. The van der Waals surface area contributed by atoms with Crippen molar-refractivity contribution in [2.75, 3.05) is 11.9 Å². The molecule has 4 rings (SSSR count). The number of rotatable bonds is 1. The van der Waals surface area contributed by atoms with E-state index < -0.39 is 7.12 Å². The van der Waals surface area contributed by atoms with E-state index in [9.17, 15) is 0 Å². The number of hydrogen-bond donors (Lipinski definition) is 1. The van der Waals surface area contributed by atoms with E-state index in [-0.39, 0.29) is 28.3 Å². The molecule has 3 aliphatic heterocycles. The number of hydrogen-bond acceptors (Lipinski definition) is 4. The first-order chi connectivity index (χ1) is 11.9. The highest BCUT2D eigenvalue weighted by molar-refractivity contribution is 6.65. The van der Waals surface area contributed by atoms with E-state index in [1.165, 1.54) is 5.56 Å². The Bertz CT molecular complexity index is 748. The van der Waals surface area contributed by atoms with E-state index in [0.29, 0.717) is 5.02 Å². The Morgan fingerprint density at radius 1 is 1.04 bits per heavy atom. The molecule has 0 bridgehead atoms. The maximum atomic E-state index is 6.68. The molecule has 0 amide bonds. The Kier molecular flexibility index (Phi) is 3.87. The molecule has 2 saturated heterocycles. The molecule has 2 fully saturated rings. The van der Waals surface area contributed by atoms with Gasteiger partial charge in [0.15, 0.2) is 0 Å². The fourth-order valence-corrected chi connectivity index (χ4v) is 4.97. The van der Waals surface area contributed by atoms with Crippen LogP contribution >= 0.6 is 11.6 Å². The fourth-order valence-electron chi connectivity index (χ4n) is 4.71. The third-order valence-electron chi connectivity index (χ3n) is 6.86. The average molecular weight is 378 g/mol. The summed E-state index contributed by atoms with van der Waals surface area (Å²) < 4.78 is 18.6. The van der Waals surface area contributed by atoms with Crippen molar-refractivity contribution in [3.63, 3.8) is 0 Å². The third kappa shape index (κ3) is 2.47. The van der Waals surface area contributed by atoms with Crippen LogP contribution in [0.25, 0.3) is 0 Å². The molecule has 4 nitrogen and oxygen atoms in total. The molecule has 2 atom stereocenters. The molecule has 0 saturated carbocycles. The van der Waals surface area contributed by atoms with Crippen LogP contribution < -0.4 is 10.8 Å². The molecule has 1 aromatic rings. The molecule has 1 N–H and O–H groups in total. The van der Waals surface area contributed by atoms with Crippen LogP contribution in [0.5, 0.6) is 0 Å². The molecule has 3 aliphatic rings. The SMILES string of the molecule is CC1(C)Nc2cc(Cl)c(B3OC(C)(C)C(C)(C)O3)cc2C2(C)CCOC12. The normalized spacial score (nSPS) is 33.5. The summed E-state index contributed by atoms with van der Waals surface area (Å²) in [5.41, 5.74) is 2.26. The maximum Gasteiger partial charge on any atom is 0.496 e. The summed E-state index contributed by atoms with van der Waals surface area (Å²) in [5.74, 6) is 0. The van der Waals surface area contributed by atoms with Gasteiger partial charge in [0.1, 0.15) is 0 Å². The van der Waals surface area contributed by atoms with Crippen molar-refractivity contribution < 1.29 is 14.0 Å². The average Bonchev–Trinajstić information content (AvgIpc) is 2.97. The van der Waals surface area contributed by atoms with Crippen LogP contribution in [0, 0.1) is 0 Å². The number of fused-ring (bicyclic) bond motifs is 3. The fraction of sp³-hybridized carbons (Fsp3) is 0.700.